The summed E-state index contributed by atoms with van der Waals surface area (Å²) in [6.45, 7) is 1.97. The van der Waals surface area contributed by atoms with Gasteiger partial charge in [-0.2, -0.15) is 4.99 Å². The first-order valence-electron chi connectivity index (χ1n) is 4.41. The number of carbonyl (C=O) groups excluding carboxylic acids is 2. The van der Waals surface area contributed by atoms with Crippen LogP contribution in [0.4, 0.5) is 4.79 Å². The third-order valence-corrected chi connectivity index (χ3v) is 2.02. The number of nitrogens with zero attached hydrogens (tertiary/aromatic N) is 1. The van der Waals surface area contributed by atoms with Gasteiger partial charge in [-0.1, -0.05) is 22.6 Å². The molecular formula is C10H12INO4. The van der Waals surface area contributed by atoms with E-state index in [1.165, 1.54) is 25.5 Å². The predicted molar refractivity (Wildman–Crippen MR) is 68.8 cm³/mol. The van der Waals surface area contributed by atoms with Crippen molar-refractivity contribution in [2.75, 3.05) is 13.7 Å². The molecular weight excluding hydrogens is 325 g/mol. The molecule has 0 N–H and O–H groups in total. The summed E-state index contributed by atoms with van der Waals surface area (Å²) < 4.78 is 10.7. The Labute approximate surface area is 107 Å². The Balaban J connectivity index is 4.28. The lowest BCUT2D eigenvalue weighted by Crippen LogP contribution is -2.01. The van der Waals surface area contributed by atoms with E-state index in [0.29, 0.717) is 5.57 Å². The maximum Gasteiger partial charge on any atom is 0.433 e. The molecule has 0 unspecified atom stereocenters. The van der Waals surface area contributed by atoms with E-state index < -0.39 is 12.1 Å². The second-order valence-corrected chi connectivity index (χ2v) is 3.02. The SMILES string of the molecule is CCOC(=O)N=C/C=C\C(=C/I)C(=O)OC. The number of halogens is 1. The van der Waals surface area contributed by atoms with Crippen molar-refractivity contribution < 1.29 is 19.1 Å². The molecule has 0 radical (unpaired) electrons. The molecule has 0 aromatic rings. The number of hydrogen-bond acceptors (Lipinski definition) is 4. The maximum absolute atomic E-state index is 11.1. The van der Waals surface area contributed by atoms with Gasteiger partial charge in [0, 0.05) is 6.21 Å². The van der Waals surface area contributed by atoms with E-state index in [-0.39, 0.29) is 6.61 Å². The second kappa shape index (κ2) is 9.08. The van der Waals surface area contributed by atoms with Crippen LogP contribution in [0.5, 0.6) is 0 Å². The lowest BCUT2D eigenvalue weighted by Gasteiger charge is -1.96. The molecule has 1 amide bonds. The zero-order valence-electron chi connectivity index (χ0n) is 8.97. The maximum atomic E-state index is 11.1. The highest BCUT2D eigenvalue weighted by Crippen LogP contribution is 2.03. The summed E-state index contributed by atoms with van der Waals surface area (Å²) in [4.78, 5) is 25.3. The largest absolute Gasteiger partial charge is 0.465 e. The van der Waals surface area contributed by atoms with Crippen molar-refractivity contribution in [3.63, 3.8) is 0 Å². The first-order valence-corrected chi connectivity index (χ1v) is 5.66. The zero-order chi connectivity index (χ0) is 12.4. The van der Waals surface area contributed by atoms with Crippen molar-refractivity contribution in [3.8, 4) is 0 Å². The molecule has 0 rings (SSSR count). The number of rotatable bonds is 4. The average molecular weight is 337 g/mol. The van der Waals surface area contributed by atoms with Gasteiger partial charge < -0.3 is 9.47 Å². The van der Waals surface area contributed by atoms with Crippen LogP contribution in [0.2, 0.25) is 0 Å². The zero-order valence-corrected chi connectivity index (χ0v) is 11.1. The van der Waals surface area contributed by atoms with Gasteiger partial charge in [-0.25, -0.2) is 9.59 Å². The fraction of sp³-hybridized carbons (Fsp3) is 0.300. The van der Waals surface area contributed by atoms with E-state index in [9.17, 15) is 9.59 Å². The summed E-state index contributed by atoms with van der Waals surface area (Å²) >= 11 is 1.92. The van der Waals surface area contributed by atoms with Gasteiger partial charge in [0.05, 0.1) is 19.3 Å². The molecule has 0 aliphatic carbocycles. The van der Waals surface area contributed by atoms with Crippen LogP contribution >= 0.6 is 22.6 Å². The van der Waals surface area contributed by atoms with Gasteiger partial charge in [-0.15, -0.1) is 0 Å². The van der Waals surface area contributed by atoms with E-state index in [1.54, 1.807) is 11.0 Å². The summed E-state index contributed by atoms with van der Waals surface area (Å²) in [5.74, 6) is -0.449. The fourth-order valence-electron chi connectivity index (χ4n) is 0.678. The minimum atomic E-state index is -0.662. The second-order valence-electron chi connectivity index (χ2n) is 2.39. The van der Waals surface area contributed by atoms with E-state index in [0.717, 1.165) is 0 Å². The minimum absolute atomic E-state index is 0.279. The topological polar surface area (TPSA) is 65.0 Å². The molecule has 0 saturated carbocycles. The van der Waals surface area contributed by atoms with Gasteiger partial charge in [0.15, 0.2) is 0 Å². The average Bonchev–Trinajstić information content (AvgIpc) is 2.28. The van der Waals surface area contributed by atoms with E-state index >= 15 is 0 Å². The van der Waals surface area contributed by atoms with Crippen molar-refractivity contribution >= 4 is 40.9 Å². The van der Waals surface area contributed by atoms with Gasteiger partial charge in [0.25, 0.3) is 0 Å². The van der Waals surface area contributed by atoms with Crippen LogP contribution in [0.3, 0.4) is 0 Å². The molecule has 0 saturated heterocycles. The van der Waals surface area contributed by atoms with Crippen LogP contribution in [-0.4, -0.2) is 32.0 Å². The summed E-state index contributed by atoms with van der Waals surface area (Å²) in [5.41, 5.74) is 0.374. The van der Waals surface area contributed by atoms with Crippen LogP contribution in [-0.2, 0) is 14.3 Å². The highest BCUT2D eigenvalue weighted by Gasteiger charge is 2.03. The molecule has 0 bridgehead atoms. The Morgan fingerprint density at radius 2 is 2.12 bits per heavy atom. The standard InChI is InChI=1S/C10H12INO4/c1-3-16-10(14)12-6-4-5-8(7-11)9(13)15-2/h4-7H,3H2,1-2H3/b5-4-,8-7+,12-6?. The molecule has 0 spiro atoms. The van der Waals surface area contributed by atoms with Crippen LogP contribution in [0, 0.1) is 0 Å². The van der Waals surface area contributed by atoms with Crippen LogP contribution in [0.1, 0.15) is 6.92 Å². The molecule has 0 aromatic heterocycles. The molecule has 16 heavy (non-hydrogen) atoms. The Bertz CT molecular complexity index is 334. The first-order chi connectivity index (χ1) is 7.65. The Kier molecular flexibility index (Phi) is 8.41. The Morgan fingerprint density at radius 1 is 1.44 bits per heavy atom. The summed E-state index contributed by atoms with van der Waals surface area (Å²) in [6.07, 6.45) is 3.53. The summed E-state index contributed by atoms with van der Waals surface area (Å²) in [5, 5.41) is 0. The fourth-order valence-corrected chi connectivity index (χ4v) is 1.14. The normalized spacial score (nSPS) is 12.1. The number of ether oxygens (including phenoxy) is 2. The minimum Gasteiger partial charge on any atom is -0.465 e. The Hall–Kier alpha value is -1.18. The van der Waals surface area contributed by atoms with E-state index in [1.807, 2.05) is 22.6 Å². The van der Waals surface area contributed by atoms with Gasteiger partial charge in [-0.05, 0) is 23.2 Å². The number of methoxy groups -OCH3 is 1. The third-order valence-electron chi connectivity index (χ3n) is 1.35. The molecule has 6 heteroatoms. The molecule has 88 valence electrons. The highest BCUT2D eigenvalue weighted by molar-refractivity contribution is 14.1. The molecule has 0 atom stereocenters. The van der Waals surface area contributed by atoms with E-state index in [4.69, 9.17) is 0 Å². The van der Waals surface area contributed by atoms with Gasteiger partial charge in [0.1, 0.15) is 0 Å². The lowest BCUT2D eigenvalue weighted by molar-refractivity contribution is -0.135. The smallest absolute Gasteiger partial charge is 0.433 e. The van der Waals surface area contributed by atoms with Crippen molar-refractivity contribution in [3.05, 3.63) is 21.8 Å². The van der Waals surface area contributed by atoms with Gasteiger partial charge >= 0.3 is 12.1 Å². The van der Waals surface area contributed by atoms with Crippen LogP contribution < -0.4 is 0 Å². The van der Waals surface area contributed by atoms with Crippen molar-refractivity contribution in [2.24, 2.45) is 4.99 Å². The molecule has 0 aliphatic rings. The van der Waals surface area contributed by atoms with Gasteiger partial charge in [-0.3, -0.25) is 0 Å². The predicted octanol–water partition coefficient (Wildman–Crippen LogP) is 2.26. The number of amides is 1. The van der Waals surface area contributed by atoms with Crippen molar-refractivity contribution in [1.29, 1.82) is 0 Å². The number of allylic oxidation sites excluding steroid dienone is 1. The molecule has 5 nitrogen and oxygen atoms in total. The number of carbonyl (C=O) groups is 2. The number of hydrogen-bond donors (Lipinski definition) is 0. The number of esters is 1. The summed E-state index contributed by atoms with van der Waals surface area (Å²) in [7, 11) is 1.29. The van der Waals surface area contributed by atoms with E-state index in [2.05, 4.69) is 14.5 Å². The highest BCUT2D eigenvalue weighted by atomic mass is 127. The number of aliphatic imine (C=N–C) groups is 1. The quantitative estimate of drug-likeness (QED) is 0.260. The molecule has 0 fully saturated rings. The molecule has 0 aliphatic heterocycles. The van der Waals surface area contributed by atoms with Crippen LogP contribution in [0.15, 0.2) is 26.8 Å². The molecule has 0 aromatic carbocycles. The van der Waals surface area contributed by atoms with Crippen LogP contribution in [0.25, 0.3) is 0 Å². The molecule has 0 heterocycles. The first kappa shape index (κ1) is 14.8. The lowest BCUT2D eigenvalue weighted by atomic mass is 10.3. The van der Waals surface area contributed by atoms with Crippen molar-refractivity contribution in [1.82, 2.24) is 0 Å². The Morgan fingerprint density at radius 3 is 2.62 bits per heavy atom. The monoisotopic (exact) mass is 337 g/mol. The third kappa shape index (κ3) is 6.33. The van der Waals surface area contributed by atoms with Gasteiger partial charge in [0.2, 0.25) is 0 Å². The summed E-state index contributed by atoms with van der Waals surface area (Å²) in [6, 6.07) is 0. The van der Waals surface area contributed by atoms with Crippen molar-refractivity contribution in [2.45, 2.75) is 6.92 Å².